The molecular weight excluding hydrogens is 258 g/mol. The zero-order valence-electron chi connectivity index (χ0n) is 9.35. The lowest BCUT2D eigenvalue weighted by atomic mass is 10.3. The summed E-state index contributed by atoms with van der Waals surface area (Å²) in [4.78, 5) is 4.95. The molecule has 17 heavy (non-hydrogen) atoms. The number of halogens is 1. The molecule has 0 N–H and O–H groups in total. The van der Waals surface area contributed by atoms with Crippen LogP contribution in [0.4, 0.5) is 0 Å². The standard InChI is InChI=1S/C12H12ClNO2S/c1-2-15-9-3-5-10(6-4-9)16-8-11-7-14-12(13)17-11/h3-7H,2,8H2,1H3. The summed E-state index contributed by atoms with van der Waals surface area (Å²) in [6.07, 6.45) is 1.72. The highest BCUT2D eigenvalue weighted by molar-refractivity contribution is 7.15. The van der Waals surface area contributed by atoms with Gasteiger partial charge in [-0.15, -0.1) is 11.3 Å². The maximum Gasteiger partial charge on any atom is 0.183 e. The van der Waals surface area contributed by atoms with Crippen LogP contribution in [0.15, 0.2) is 30.5 Å². The minimum Gasteiger partial charge on any atom is -0.494 e. The summed E-state index contributed by atoms with van der Waals surface area (Å²) in [5.74, 6) is 1.65. The second kappa shape index (κ2) is 5.89. The number of hydrogen-bond donors (Lipinski definition) is 0. The summed E-state index contributed by atoms with van der Waals surface area (Å²) in [6, 6.07) is 7.54. The molecule has 0 radical (unpaired) electrons. The lowest BCUT2D eigenvalue weighted by molar-refractivity contribution is 0.307. The summed E-state index contributed by atoms with van der Waals surface area (Å²) in [6.45, 7) is 3.11. The van der Waals surface area contributed by atoms with Gasteiger partial charge in [-0.25, -0.2) is 4.98 Å². The first kappa shape index (κ1) is 12.2. The van der Waals surface area contributed by atoms with Gasteiger partial charge in [0.15, 0.2) is 4.47 Å². The van der Waals surface area contributed by atoms with Crippen molar-refractivity contribution in [2.45, 2.75) is 13.5 Å². The predicted molar refractivity (Wildman–Crippen MR) is 69.1 cm³/mol. The van der Waals surface area contributed by atoms with Crippen molar-refractivity contribution in [3.05, 3.63) is 39.8 Å². The second-order valence-corrected chi connectivity index (χ2v) is 4.97. The van der Waals surface area contributed by atoms with Crippen LogP contribution in [0.2, 0.25) is 4.47 Å². The van der Waals surface area contributed by atoms with Gasteiger partial charge in [0.05, 0.1) is 11.5 Å². The zero-order valence-corrected chi connectivity index (χ0v) is 10.9. The lowest BCUT2D eigenvalue weighted by Gasteiger charge is -2.06. The van der Waals surface area contributed by atoms with Crippen LogP contribution in [0.1, 0.15) is 11.8 Å². The lowest BCUT2D eigenvalue weighted by Crippen LogP contribution is -1.94. The molecule has 0 spiro atoms. The van der Waals surface area contributed by atoms with Crippen LogP contribution >= 0.6 is 22.9 Å². The predicted octanol–water partition coefficient (Wildman–Crippen LogP) is 3.77. The summed E-state index contributed by atoms with van der Waals surface area (Å²) >= 11 is 7.16. The topological polar surface area (TPSA) is 31.4 Å². The molecule has 0 unspecified atom stereocenters. The maximum atomic E-state index is 5.73. The average molecular weight is 270 g/mol. The van der Waals surface area contributed by atoms with Gasteiger partial charge in [-0.05, 0) is 31.2 Å². The highest BCUT2D eigenvalue weighted by atomic mass is 35.5. The molecule has 1 aromatic heterocycles. The molecule has 1 heterocycles. The van der Waals surface area contributed by atoms with E-state index in [4.69, 9.17) is 21.1 Å². The summed E-state index contributed by atoms with van der Waals surface area (Å²) in [7, 11) is 0. The van der Waals surface area contributed by atoms with E-state index in [1.54, 1.807) is 6.20 Å². The van der Waals surface area contributed by atoms with Gasteiger partial charge in [0.2, 0.25) is 0 Å². The minimum atomic E-state index is 0.484. The Hall–Kier alpha value is -1.26. The molecule has 1 aromatic carbocycles. The largest absolute Gasteiger partial charge is 0.494 e. The van der Waals surface area contributed by atoms with Gasteiger partial charge in [-0.1, -0.05) is 11.6 Å². The Morgan fingerprint density at radius 1 is 1.18 bits per heavy atom. The van der Waals surface area contributed by atoms with Crippen LogP contribution in [0.5, 0.6) is 11.5 Å². The highest BCUT2D eigenvalue weighted by Gasteiger charge is 2.01. The number of hydrogen-bond acceptors (Lipinski definition) is 4. The number of aromatic nitrogens is 1. The fourth-order valence-corrected chi connectivity index (χ4v) is 2.19. The van der Waals surface area contributed by atoms with Crippen molar-refractivity contribution in [1.82, 2.24) is 4.98 Å². The molecule has 0 atom stereocenters. The molecule has 0 aliphatic carbocycles. The molecule has 0 aliphatic rings. The van der Waals surface area contributed by atoms with E-state index in [2.05, 4.69) is 4.98 Å². The average Bonchev–Trinajstić information content (AvgIpc) is 2.75. The van der Waals surface area contributed by atoms with E-state index in [0.29, 0.717) is 17.7 Å². The molecule has 0 aliphatic heterocycles. The van der Waals surface area contributed by atoms with Gasteiger partial charge in [0, 0.05) is 6.20 Å². The van der Waals surface area contributed by atoms with Gasteiger partial charge in [0.1, 0.15) is 18.1 Å². The molecule has 0 saturated heterocycles. The van der Waals surface area contributed by atoms with E-state index in [1.807, 2.05) is 31.2 Å². The van der Waals surface area contributed by atoms with E-state index in [0.717, 1.165) is 16.4 Å². The van der Waals surface area contributed by atoms with Crippen molar-refractivity contribution in [3.63, 3.8) is 0 Å². The normalized spacial score (nSPS) is 10.2. The SMILES string of the molecule is CCOc1ccc(OCc2cnc(Cl)s2)cc1. The quantitative estimate of drug-likeness (QED) is 0.828. The molecule has 90 valence electrons. The molecule has 2 rings (SSSR count). The van der Waals surface area contributed by atoms with E-state index >= 15 is 0 Å². The van der Waals surface area contributed by atoms with Crippen molar-refractivity contribution >= 4 is 22.9 Å². The molecule has 3 nitrogen and oxygen atoms in total. The van der Waals surface area contributed by atoms with E-state index < -0.39 is 0 Å². The molecule has 0 fully saturated rings. The third kappa shape index (κ3) is 3.61. The summed E-state index contributed by atoms with van der Waals surface area (Å²) < 4.78 is 11.5. The van der Waals surface area contributed by atoms with Crippen LogP contribution in [-0.2, 0) is 6.61 Å². The Balaban J connectivity index is 1.90. The van der Waals surface area contributed by atoms with Gasteiger partial charge in [0.25, 0.3) is 0 Å². The van der Waals surface area contributed by atoms with Crippen molar-refractivity contribution < 1.29 is 9.47 Å². The van der Waals surface area contributed by atoms with Gasteiger partial charge in [-0.3, -0.25) is 0 Å². The number of ether oxygens (including phenoxy) is 2. The first-order chi connectivity index (χ1) is 8.28. The van der Waals surface area contributed by atoms with Crippen LogP contribution in [0, 0.1) is 0 Å². The first-order valence-corrected chi connectivity index (χ1v) is 6.43. The zero-order chi connectivity index (χ0) is 12.1. The molecule has 0 amide bonds. The van der Waals surface area contributed by atoms with Crippen molar-refractivity contribution in [3.8, 4) is 11.5 Å². The molecule has 0 bridgehead atoms. The van der Waals surface area contributed by atoms with Crippen LogP contribution in [0.3, 0.4) is 0 Å². The molecular formula is C12H12ClNO2S. The van der Waals surface area contributed by atoms with Gasteiger partial charge < -0.3 is 9.47 Å². The third-order valence-corrected chi connectivity index (χ3v) is 3.13. The summed E-state index contributed by atoms with van der Waals surface area (Å²) in [5, 5.41) is 0. The molecule has 5 heteroatoms. The molecule has 0 saturated carbocycles. The van der Waals surface area contributed by atoms with E-state index in [9.17, 15) is 0 Å². The fourth-order valence-electron chi connectivity index (χ4n) is 1.30. The number of benzene rings is 1. The highest BCUT2D eigenvalue weighted by Crippen LogP contribution is 2.21. The third-order valence-electron chi connectivity index (χ3n) is 2.04. The second-order valence-electron chi connectivity index (χ2n) is 3.27. The van der Waals surface area contributed by atoms with Crippen LogP contribution < -0.4 is 9.47 Å². The smallest absolute Gasteiger partial charge is 0.183 e. The van der Waals surface area contributed by atoms with E-state index in [1.165, 1.54) is 11.3 Å². The van der Waals surface area contributed by atoms with Crippen molar-refractivity contribution in [2.24, 2.45) is 0 Å². The Morgan fingerprint density at radius 3 is 2.35 bits per heavy atom. The Kier molecular flexibility index (Phi) is 4.23. The fraction of sp³-hybridized carbons (Fsp3) is 0.250. The Labute approximate surface area is 109 Å². The van der Waals surface area contributed by atoms with Crippen molar-refractivity contribution in [1.29, 1.82) is 0 Å². The van der Waals surface area contributed by atoms with Gasteiger partial charge in [-0.2, -0.15) is 0 Å². The first-order valence-electron chi connectivity index (χ1n) is 5.24. The monoisotopic (exact) mass is 269 g/mol. The maximum absolute atomic E-state index is 5.73. The number of nitrogens with zero attached hydrogens (tertiary/aromatic N) is 1. The summed E-state index contributed by atoms with van der Waals surface area (Å²) in [5.41, 5.74) is 0. The number of thiazole rings is 1. The minimum absolute atomic E-state index is 0.484. The number of rotatable bonds is 5. The van der Waals surface area contributed by atoms with Gasteiger partial charge >= 0.3 is 0 Å². The van der Waals surface area contributed by atoms with Crippen LogP contribution in [0.25, 0.3) is 0 Å². The van der Waals surface area contributed by atoms with E-state index in [-0.39, 0.29) is 0 Å². The Morgan fingerprint density at radius 2 is 1.82 bits per heavy atom. The van der Waals surface area contributed by atoms with Crippen LogP contribution in [-0.4, -0.2) is 11.6 Å². The molecule has 2 aromatic rings. The van der Waals surface area contributed by atoms with Crippen molar-refractivity contribution in [2.75, 3.05) is 6.61 Å². The Bertz CT molecular complexity index is 470.